The Bertz CT molecular complexity index is 1080. The van der Waals surface area contributed by atoms with E-state index in [-0.39, 0.29) is 38.2 Å². The van der Waals surface area contributed by atoms with Crippen LogP contribution in [0.25, 0.3) is 0 Å². The molecule has 4 aliphatic carbocycles. The van der Waals surface area contributed by atoms with Crippen LogP contribution >= 0.6 is 0 Å². The second kappa shape index (κ2) is 9.54. The summed E-state index contributed by atoms with van der Waals surface area (Å²) in [5, 5.41) is 66.7. The van der Waals surface area contributed by atoms with E-state index in [9.17, 15) is 40.2 Å². The number of carbonyl (C=O) groups excluding carboxylic acids is 2. The van der Waals surface area contributed by atoms with Crippen LogP contribution in [-0.4, -0.2) is 104 Å². The first kappa shape index (κ1) is 28.7. The fourth-order valence-electron chi connectivity index (χ4n) is 9.82. The van der Waals surface area contributed by atoms with Crippen molar-refractivity contribution in [2.45, 2.75) is 119 Å². The number of cyclic esters (lactones) is 1. The van der Waals surface area contributed by atoms with Gasteiger partial charge in [-0.3, -0.25) is 0 Å². The lowest BCUT2D eigenvalue weighted by molar-refractivity contribution is -0.320. The van der Waals surface area contributed by atoms with Gasteiger partial charge in [-0.05, 0) is 69.3 Å². The van der Waals surface area contributed by atoms with E-state index in [0.717, 1.165) is 11.9 Å². The molecule has 1 saturated heterocycles. The van der Waals surface area contributed by atoms with E-state index in [1.54, 1.807) is 6.92 Å². The fourth-order valence-corrected chi connectivity index (χ4v) is 9.82. The zero-order chi connectivity index (χ0) is 28.8. The molecule has 4 saturated carbocycles. The van der Waals surface area contributed by atoms with Gasteiger partial charge in [-0.15, -0.1) is 0 Å². The van der Waals surface area contributed by atoms with Crippen LogP contribution in [0.4, 0.5) is 0 Å². The Morgan fingerprint density at radius 1 is 1.00 bits per heavy atom. The highest BCUT2D eigenvalue weighted by Crippen LogP contribution is 2.70. The maximum absolute atomic E-state index is 13.0. The van der Waals surface area contributed by atoms with E-state index in [1.807, 2.05) is 6.92 Å². The van der Waals surface area contributed by atoms with Crippen molar-refractivity contribution in [1.82, 2.24) is 0 Å². The summed E-state index contributed by atoms with van der Waals surface area (Å²) in [4.78, 5) is 24.8. The summed E-state index contributed by atoms with van der Waals surface area (Å²) in [5.41, 5.74) is -3.89. The lowest BCUT2D eigenvalue weighted by Gasteiger charge is -2.66. The van der Waals surface area contributed by atoms with Gasteiger partial charge in [0, 0.05) is 23.8 Å². The minimum absolute atomic E-state index is 0.0615. The van der Waals surface area contributed by atoms with E-state index in [4.69, 9.17) is 14.2 Å². The number of aldehydes is 1. The monoisotopic (exact) mass is 566 g/mol. The molecule has 6 aliphatic rings. The number of fused-ring (bicyclic) bond motifs is 5. The summed E-state index contributed by atoms with van der Waals surface area (Å²) in [5.74, 6) is -1.61. The Hall–Kier alpha value is -1.44. The number of rotatable bonds is 4. The Labute approximate surface area is 233 Å². The number of carbonyl (C=O) groups is 2. The van der Waals surface area contributed by atoms with Gasteiger partial charge in [0.25, 0.3) is 0 Å². The predicted molar refractivity (Wildman–Crippen MR) is 136 cm³/mol. The standard InChI is InChI=1S/C29H42O11/c1-14-22(33)23(34)24(35)25(39-14)40-16-3-6-27(13-30)21-18(4-7-28(27,36)10-16)29(37)8-5-17(15-9-20(32)38-12-15)26(29,2)11-19(21)31/h9,13-14,16-19,21-25,31,33-37H,3-8,10-12H2,1-2H3/t14-,16+,17-,18+,19+,21+,22-,23-,24-,25-,26+,27-,28-,29-/m0/s1. The molecule has 0 spiro atoms. The van der Waals surface area contributed by atoms with Crippen LogP contribution in [0, 0.1) is 28.6 Å². The van der Waals surface area contributed by atoms with Crippen molar-refractivity contribution in [3.05, 3.63) is 11.6 Å². The van der Waals surface area contributed by atoms with Crippen molar-refractivity contribution in [2.75, 3.05) is 6.61 Å². The molecule has 5 fully saturated rings. The van der Waals surface area contributed by atoms with Gasteiger partial charge >= 0.3 is 5.97 Å². The second-order valence-corrected chi connectivity index (χ2v) is 13.6. The average Bonchev–Trinajstić information content (AvgIpc) is 3.45. The summed E-state index contributed by atoms with van der Waals surface area (Å²) in [7, 11) is 0. The summed E-state index contributed by atoms with van der Waals surface area (Å²) in [6, 6.07) is 0. The molecular weight excluding hydrogens is 524 g/mol. The zero-order valence-corrected chi connectivity index (χ0v) is 23.0. The maximum Gasteiger partial charge on any atom is 0.331 e. The molecule has 0 aromatic rings. The van der Waals surface area contributed by atoms with E-state index >= 15 is 0 Å². The van der Waals surface area contributed by atoms with Crippen molar-refractivity contribution in [1.29, 1.82) is 0 Å². The topological polar surface area (TPSA) is 183 Å². The van der Waals surface area contributed by atoms with Gasteiger partial charge in [0.2, 0.25) is 0 Å². The molecule has 0 bridgehead atoms. The number of esters is 1. The molecule has 0 aromatic carbocycles. The lowest BCUT2D eigenvalue weighted by Crippen LogP contribution is -2.72. The largest absolute Gasteiger partial charge is 0.458 e. The van der Waals surface area contributed by atoms with Crippen molar-refractivity contribution in [3.8, 4) is 0 Å². The second-order valence-electron chi connectivity index (χ2n) is 13.6. The number of ether oxygens (including phenoxy) is 3. The van der Waals surface area contributed by atoms with Gasteiger partial charge in [0.15, 0.2) is 6.29 Å². The van der Waals surface area contributed by atoms with E-state index in [2.05, 4.69) is 0 Å². The zero-order valence-electron chi connectivity index (χ0n) is 23.0. The third kappa shape index (κ3) is 3.78. The Kier molecular flexibility index (Phi) is 6.83. The molecule has 11 nitrogen and oxygen atoms in total. The number of aliphatic hydroxyl groups excluding tert-OH is 4. The molecule has 11 heteroatoms. The van der Waals surface area contributed by atoms with Crippen LogP contribution < -0.4 is 0 Å². The SMILES string of the molecule is C[C@@H]1O[C@@H](O[C@@H]2CC[C@]3(C=O)[C@H]4[C@H](O)C[C@]5(C)[C@H](C6=CC(=O)OC6)CC[C@]5(O)[C@@H]4CC[C@]3(O)C2)[C@@H](O)[C@@H](O)[C@H]1O. The quantitative estimate of drug-likeness (QED) is 0.149. The summed E-state index contributed by atoms with van der Waals surface area (Å²) < 4.78 is 16.8. The molecule has 40 heavy (non-hydrogen) atoms. The van der Waals surface area contributed by atoms with Crippen molar-refractivity contribution in [2.24, 2.45) is 28.6 Å². The molecule has 0 radical (unpaired) electrons. The minimum Gasteiger partial charge on any atom is -0.458 e. The normalized spacial score (nSPS) is 56.0. The third-order valence-corrected chi connectivity index (χ3v) is 11.9. The lowest BCUT2D eigenvalue weighted by atomic mass is 9.41. The van der Waals surface area contributed by atoms with Crippen molar-refractivity contribution >= 4 is 12.3 Å². The van der Waals surface area contributed by atoms with Crippen molar-refractivity contribution < 1.29 is 54.4 Å². The highest BCUT2D eigenvalue weighted by molar-refractivity contribution is 5.85. The smallest absolute Gasteiger partial charge is 0.331 e. The van der Waals surface area contributed by atoms with Crippen LogP contribution in [0.3, 0.4) is 0 Å². The highest BCUT2D eigenvalue weighted by atomic mass is 16.7. The van der Waals surface area contributed by atoms with Crippen LogP contribution in [0.1, 0.15) is 65.2 Å². The van der Waals surface area contributed by atoms with E-state index in [1.165, 1.54) is 6.08 Å². The predicted octanol–water partition coefficient (Wildman–Crippen LogP) is -0.279. The Balaban J connectivity index is 1.25. The van der Waals surface area contributed by atoms with E-state index < -0.39 is 82.8 Å². The van der Waals surface area contributed by atoms with E-state index in [0.29, 0.717) is 25.7 Å². The average molecular weight is 567 g/mol. The van der Waals surface area contributed by atoms with Crippen molar-refractivity contribution in [3.63, 3.8) is 0 Å². The van der Waals surface area contributed by atoms with Gasteiger partial charge in [0.1, 0.15) is 31.2 Å². The molecule has 0 unspecified atom stereocenters. The van der Waals surface area contributed by atoms with Crippen LogP contribution in [0.2, 0.25) is 0 Å². The molecule has 224 valence electrons. The van der Waals surface area contributed by atoms with Gasteiger partial charge in [-0.25, -0.2) is 4.79 Å². The molecule has 14 atom stereocenters. The summed E-state index contributed by atoms with van der Waals surface area (Å²) in [6.45, 7) is 3.72. The molecule has 6 rings (SSSR count). The highest BCUT2D eigenvalue weighted by Gasteiger charge is 2.73. The third-order valence-electron chi connectivity index (χ3n) is 11.9. The molecular formula is C29H42O11. The van der Waals surface area contributed by atoms with Gasteiger partial charge in [0.05, 0.1) is 34.9 Å². The van der Waals surface area contributed by atoms with Crippen LogP contribution in [0.5, 0.6) is 0 Å². The Morgan fingerprint density at radius 3 is 2.42 bits per heavy atom. The molecule has 0 amide bonds. The summed E-state index contributed by atoms with van der Waals surface area (Å²) >= 11 is 0. The molecule has 0 aromatic heterocycles. The van der Waals surface area contributed by atoms with Gasteiger partial charge < -0.3 is 49.6 Å². The first-order chi connectivity index (χ1) is 18.8. The molecule has 2 aliphatic heterocycles. The Morgan fingerprint density at radius 2 is 1.75 bits per heavy atom. The molecule has 6 N–H and O–H groups in total. The summed E-state index contributed by atoms with van der Waals surface area (Å²) in [6.07, 6.45) is -2.87. The maximum atomic E-state index is 13.0. The van der Waals surface area contributed by atoms with Gasteiger partial charge in [-0.1, -0.05) is 6.92 Å². The first-order valence-corrected chi connectivity index (χ1v) is 14.6. The van der Waals surface area contributed by atoms with Crippen LogP contribution in [-0.2, 0) is 23.8 Å². The molecule has 2 heterocycles. The first-order valence-electron chi connectivity index (χ1n) is 14.6. The number of hydrogen-bond acceptors (Lipinski definition) is 11. The van der Waals surface area contributed by atoms with Crippen LogP contribution in [0.15, 0.2) is 11.6 Å². The number of aliphatic hydroxyl groups is 6. The minimum atomic E-state index is -1.51. The number of hydrogen-bond donors (Lipinski definition) is 6. The fraction of sp³-hybridized carbons (Fsp3) is 0.862. The van der Waals surface area contributed by atoms with Gasteiger partial charge in [-0.2, -0.15) is 0 Å².